The number of morpholine rings is 1. The first-order chi connectivity index (χ1) is 16.9. The Hall–Kier alpha value is -1.81. The van der Waals surface area contributed by atoms with Gasteiger partial charge in [0.15, 0.2) is 5.78 Å². The Labute approximate surface area is 219 Å². The van der Waals surface area contributed by atoms with E-state index in [0.29, 0.717) is 30.2 Å². The summed E-state index contributed by atoms with van der Waals surface area (Å²) in [4.78, 5) is 16.1. The molecule has 1 saturated heterocycles. The summed E-state index contributed by atoms with van der Waals surface area (Å²) in [6.07, 6.45) is 2.40. The zero-order valence-electron chi connectivity index (χ0n) is 18.9. The molecule has 5 rings (SSSR count). The molecule has 0 N–H and O–H groups in total. The number of sulfonamides is 1. The fraction of sp³-hybridized carbons (Fsp3) is 0.320. The second kappa shape index (κ2) is 10.3. The van der Waals surface area contributed by atoms with Gasteiger partial charge in [-0.25, -0.2) is 8.42 Å². The first-order valence-corrected chi connectivity index (χ1v) is 14.5. The van der Waals surface area contributed by atoms with Gasteiger partial charge in [0, 0.05) is 41.2 Å². The summed E-state index contributed by atoms with van der Waals surface area (Å²) < 4.78 is 33.0. The van der Waals surface area contributed by atoms with Crippen LogP contribution in [-0.2, 0) is 14.8 Å². The van der Waals surface area contributed by atoms with Crippen molar-refractivity contribution in [2.45, 2.75) is 24.2 Å². The van der Waals surface area contributed by atoms with Crippen molar-refractivity contribution < 1.29 is 17.9 Å². The molecule has 0 aromatic heterocycles. The highest BCUT2D eigenvalue weighted by Gasteiger charge is 2.32. The molecule has 0 aliphatic carbocycles. The fourth-order valence-electron chi connectivity index (χ4n) is 4.48. The minimum atomic E-state index is -3.75. The summed E-state index contributed by atoms with van der Waals surface area (Å²) in [7, 11) is -3.75. The smallest absolute Gasteiger partial charge is 0.243 e. The Bertz CT molecular complexity index is 1320. The maximum atomic E-state index is 13.8. The summed E-state index contributed by atoms with van der Waals surface area (Å²) in [6.45, 7) is 2.07. The standard InChI is InChI=1S/C25H24Cl2N2O4S2/c26-18-6-4-17(5-7-18)23-16-34-25-20(3-1-2-10-29(23)25)24(30)21-15-19(8-9-22(21)27)35(31,32)28-11-13-33-14-12-28/h4-9,15-16H,1-3,10-14H2. The molecule has 10 heteroatoms. The van der Waals surface area contributed by atoms with E-state index < -0.39 is 10.0 Å². The molecule has 0 bridgehead atoms. The number of halogens is 2. The van der Waals surface area contributed by atoms with Crippen molar-refractivity contribution in [3.05, 3.63) is 79.6 Å². The molecule has 0 saturated carbocycles. The number of ether oxygens (including phenoxy) is 1. The van der Waals surface area contributed by atoms with Crippen molar-refractivity contribution in [3.63, 3.8) is 0 Å². The van der Waals surface area contributed by atoms with Gasteiger partial charge in [0.05, 0.1) is 33.9 Å². The highest BCUT2D eigenvalue weighted by molar-refractivity contribution is 8.06. The van der Waals surface area contributed by atoms with Crippen molar-refractivity contribution in [3.8, 4) is 0 Å². The lowest BCUT2D eigenvalue weighted by Gasteiger charge is -2.26. The van der Waals surface area contributed by atoms with Crippen LogP contribution in [0.2, 0.25) is 10.0 Å². The zero-order valence-corrected chi connectivity index (χ0v) is 22.0. The Kier molecular flexibility index (Phi) is 7.30. The SMILES string of the molecule is O=C(C1=C2SC=C(c3ccc(Cl)cc3)N2CCCC1)c1cc(S(=O)(=O)N2CCOCC2)ccc1Cl. The minimum absolute atomic E-state index is 0.0716. The van der Waals surface area contributed by atoms with Crippen molar-refractivity contribution >= 4 is 56.5 Å². The quantitative estimate of drug-likeness (QED) is 0.449. The van der Waals surface area contributed by atoms with E-state index in [1.807, 2.05) is 24.3 Å². The lowest BCUT2D eigenvalue weighted by Crippen LogP contribution is -2.40. The van der Waals surface area contributed by atoms with E-state index in [1.165, 1.54) is 34.3 Å². The van der Waals surface area contributed by atoms with Crippen LogP contribution in [0, 0.1) is 0 Å². The molecule has 2 aromatic rings. The van der Waals surface area contributed by atoms with Gasteiger partial charge < -0.3 is 9.64 Å². The van der Waals surface area contributed by atoms with Gasteiger partial charge in [0.1, 0.15) is 0 Å². The van der Waals surface area contributed by atoms with E-state index in [1.54, 1.807) is 0 Å². The molecular weight excluding hydrogens is 527 g/mol. The number of thioether (sulfide) groups is 1. The molecule has 3 heterocycles. The molecular formula is C25H24Cl2N2O4S2. The Morgan fingerprint density at radius 3 is 2.46 bits per heavy atom. The van der Waals surface area contributed by atoms with Crippen molar-refractivity contribution in [1.29, 1.82) is 0 Å². The van der Waals surface area contributed by atoms with Gasteiger partial charge in [-0.3, -0.25) is 4.79 Å². The third kappa shape index (κ3) is 4.92. The Morgan fingerprint density at radius 1 is 0.971 bits per heavy atom. The fourth-order valence-corrected chi connectivity index (χ4v) is 7.38. The number of Topliss-reactive ketones (excluding diaryl/α,β-unsaturated/α-hetero) is 1. The first-order valence-electron chi connectivity index (χ1n) is 11.4. The molecule has 3 aliphatic rings. The molecule has 35 heavy (non-hydrogen) atoms. The van der Waals surface area contributed by atoms with Gasteiger partial charge in [0.2, 0.25) is 10.0 Å². The van der Waals surface area contributed by atoms with Gasteiger partial charge in [-0.05, 0) is 55.2 Å². The number of ketones is 1. The van der Waals surface area contributed by atoms with Crippen LogP contribution in [-0.4, -0.2) is 56.3 Å². The van der Waals surface area contributed by atoms with Gasteiger partial charge >= 0.3 is 0 Å². The average molecular weight is 552 g/mol. The van der Waals surface area contributed by atoms with Gasteiger partial charge in [-0.15, -0.1) is 0 Å². The lowest BCUT2D eigenvalue weighted by molar-refractivity contribution is 0.0730. The molecule has 6 nitrogen and oxygen atoms in total. The number of hydrogen-bond acceptors (Lipinski definition) is 6. The van der Waals surface area contributed by atoms with Gasteiger partial charge in [-0.1, -0.05) is 47.1 Å². The molecule has 1 fully saturated rings. The highest BCUT2D eigenvalue weighted by Crippen LogP contribution is 2.45. The van der Waals surface area contributed by atoms with Crippen LogP contribution < -0.4 is 0 Å². The van der Waals surface area contributed by atoms with Crippen LogP contribution in [0.25, 0.3) is 5.70 Å². The number of carbonyl (C=O) groups is 1. The molecule has 2 aromatic carbocycles. The molecule has 3 aliphatic heterocycles. The van der Waals surface area contributed by atoms with Gasteiger partial charge in [0.25, 0.3) is 0 Å². The second-order valence-corrected chi connectivity index (χ2v) is 12.1. The normalized spacial score (nSPS) is 19.4. The van der Waals surface area contributed by atoms with Crippen molar-refractivity contribution in [2.75, 3.05) is 32.8 Å². The molecule has 0 unspecified atom stereocenters. The summed E-state index contributed by atoms with van der Waals surface area (Å²) in [5.74, 6) is -0.228. The van der Waals surface area contributed by atoms with E-state index in [-0.39, 0.29) is 34.4 Å². The van der Waals surface area contributed by atoms with Crippen molar-refractivity contribution in [2.24, 2.45) is 0 Å². The zero-order chi connectivity index (χ0) is 24.6. The van der Waals surface area contributed by atoms with Crippen LogP contribution in [0.4, 0.5) is 0 Å². The van der Waals surface area contributed by atoms with Crippen LogP contribution in [0.15, 0.2) is 63.4 Å². The third-order valence-corrected chi connectivity index (χ3v) is 9.85. The maximum Gasteiger partial charge on any atom is 0.243 e. The van der Waals surface area contributed by atoms with Crippen molar-refractivity contribution in [1.82, 2.24) is 9.21 Å². The Balaban J connectivity index is 1.49. The second-order valence-electron chi connectivity index (χ2n) is 8.51. The Morgan fingerprint density at radius 2 is 1.71 bits per heavy atom. The average Bonchev–Trinajstić information content (AvgIpc) is 3.16. The van der Waals surface area contributed by atoms with Crippen LogP contribution >= 0.6 is 35.0 Å². The van der Waals surface area contributed by atoms with E-state index >= 15 is 0 Å². The predicted octanol–water partition coefficient (Wildman–Crippen LogP) is 5.64. The third-order valence-electron chi connectivity index (χ3n) is 6.34. The summed E-state index contributed by atoms with van der Waals surface area (Å²) >= 11 is 14.0. The minimum Gasteiger partial charge on any atom is -0.379 e. The number of hydrogen-bond donors (Lipinski definition) is 0. The van der Waals surface area contributed by atoms with Crippen LogP contribution in [0.1, 0.15) is 35.2 Å². The number of carbonyl (C=O) groups excluding carboxylic acids is 1. The summed E-state index contributed by atoms with van der Waals surface area (Å²) in [5, 5.41) is 3.85. The highest BCUT2D eigenvalue weighted by atomic mass is 35.5. The summed E-state index contributed by atoms with van der Waals surface area (Å²) in [6, 6.07) is 12.0. The van der Waals surface area contributed by atoms with E-state index in [2.05, 4.69) is 10.3 Å². The lowest BCUT2D eigenvalue weighted by atomic mass is 10.00. The number of benzene rings is 2. The van der Waals surface area contributed by atoms with E-state index in [9.17, 15) is 13.2 Å². The number of rotatable bonds is 5. The predicted molar refractivity (Wildman–Crippen MR) is 140 cm³/mol. The number of nitrogens with zero attached hydrogens (tertiary/aromatic N) is 2. The van der Waals surface area contributed by atoms with Crippen LogP contribution in [0.3, 0.4) is 0 Å². The van der Waals surface area contributed by atoms with Gasteiger partial charge in [-0.2, -0.15) is 4.31 Å². The largest absolute Gasteiger partial charge is 0.379 e. The molecule has 0 atom stereocenters. The number of fused-ring (bicyclic) bond motifs is 1. The molecule has 0 amide bonds. The van der Waals surface area contributed by atoms with Crippen LogP contribution in [0.5, 0.6) is 0 Å². The molecule has 0 spiro atoms. The monoisotopic (exact) mass is 550 g/mol. The first kappa shape index (κ1) is 24.9. The van der Waals surface area contributed by atoms with E-state index in [0.717, 1.165) is 35.7 Å². The molecule has 184 valence electrons. The maximum absolute atomic E-state index is 13.8. The van der Waals surface area contributed by atoms with E-state index in [4.69, 9.17) is 27.9 Å². The number of allylic oxidation sites excluding steroid dienone is 1. The summed E-state index contributed by atoms with van der Waals surface area (Å²) in [5.41, 5.74) is 2.94. The molecule has 0 radical (unpaired) electrons. The topological polar surface area (TPSA) is 66.9 Å².